The molecule has 0 aromatic heterocycles. The third kappa shape index (κ3) is 3.14. The number of phenols is 1. The number of rotatable bonds is 1. The first-order chi connectivity index (χ1) is 12.7. The van der Waals surface area contributed by atoms with Gasteiger partial charge in [0.15, 0.2) is 10.8 Å². The maximum atomic E-state index is 10.3. The van der Waals surface area contributed by atoms with Crippen LogP contribution in [-0.4, -0.2) is 21.5 Å². The van der Waals surface area contributed by atoms with Crippen LogP contribution in [0.5, 0.6) is 11.5 Å². The van der Waals surface area contributed by atoms with Crippen molar-refractivity contribution in [3.8, 4) is 11.5 Å². The lowest BCUT2D eigenvalue weighted by Gasteiger charge is -2.51. The molecule has 0 amide bonds. The molecule has 0 saturated carbocycles. The molecular weight excluding hydrogens is 356 g/mol. The minimum absolute atomic E-state index is 0.165. The molecule has 3 N–H and O–H groups in total. The zero-order valence-electron chi connectivity index (χ0n) is 16.2. The van der Waals surface area contributed by atoms with E-state index >= 15 is 0 Å². The van der Waals surface area contributed by atoms with E-state index in [-0.39, 0.29) is 17.2 Å². The Morgan fingerprint density at radius 2 is 1.81 bits per heavy atom. The average molecular weight is 383 g/mol. The Balaban J connectivity index is 1.89. The van der Waals surface area contributed by atoms with Crippen LogP contribution in [0.2, 0.25) is 0 Å². The van der Waals surface area contributed by atoms with Crippen LogP contribution in [0.4, 0.5) is 0 Å². The van der Waals surface area contributed by atoms with E-state index in [0.29, 0.717) is 5.11 Å². The molecule has 1 fully saturated rings. The molecule has 1 spiro atoms. The number of aromatic hydroxyl groups is 1. The van der Waals surface area contributed by atoms with Crippen LogP contribution < -0.4 is 15.4 Å². The molecule has 2 aliphatic heterocycles. The van der Waals surface area contributed by atoms with Crippen molar-refractivity contribution >= 4 is 17.3 Å². The summed E-state index contributed by atoms with van der Waals surface area (Å²) in [6.07, 6.45) is 1.54. The van der Waals surface area contributed by atoms with Crippen molar-refractivity contribution in [2.75, 3.05) is 0 Å². The van der Waals surface area contributed by atoms with Crippen LogP contribution in [0, 0.1) is 13.8 Å². The summed E-state index contributed by atoms with van der Waals surface area (Å²) in [7, 11) is 0. The molecule has 4 rings (SSSR count). The Labute approximate surface area is 165 Å². The number of hydrogen-bond acceptors (Lipinski definition) is 3. The van der Waals surface area contributed by atoms with Gasteiger partial charge in [-0.25, -0.2) is 0 Å². The fourth-order valence-electron chi connectivity index (χ4n) is 4.58. The maximum absolute atomic E-state index is 10.3. The van der Waals surface area contributed by atoms with Crippen molar-refractivity contribution in [3.63, 3.8) is 0 Å². The van der Waals surface area contributed by atoms with Gasteiger partial charge in [0.25, 0.3) is 0 Å². The van der Waals surface area contributed by atoms with Crippen molar-refractivity contribution in [2.45, 2.75) is 57.7 Å². The summed E-state index contributed by atoms with van der Waals surface area (Å²) in [4.78, 5) is 0. The zero-order valence-corrected chi connectivity index (χ0v) is 17.0. The van der Waals surface area contributed by atoms with Gasteiger partial charge in [-0.05, 0) is 57.1 Å². The van der Waals surface area contributed by atoms with Gasteiger partial charge < -0.3 is 20.5 Å². The van der Waals surface area contributed by atoms with Crippen LogP contribution in [0.3, 0.4) is 0 Å². The Morgan fingerprint density at radius 3 is 2.52 bits per heavy atom. The third-order valence-corrected chi connectivity index (χ3v) is 5.90. The minimum Gasteiger partial charge on any atom is -0.508 e. The van der Waals surface area contributed by atoms with E-state index in [4.69, 9.17) is 17.0 Å². The van der Waals surface area contributed by atoms with Gasteiger partial charge in [-0.15, -0.1) is 0 Å². The van der Waals surface area contributed by atoms with Gasteiger partial charge in [-0.1, -0.05) is 30.3 Å². The molecule has 4 nitrogen and oxygen atoms in total. The second-order valence-corrected chi connectivity index (χ2v) is 8.89. The highest BCUT2D eigenvalue weighted by molar-refractivity contribution is 7.80. The molecular formula is C22H26N2O2S. The van der Waals surface area contributed by atoms with Crippen LogP contribution in [0.1, 0.15) is 54.9 Å². The molecule has 2 aromatic carbocycles. The van der Waals surface area contributed by atoms with Crippen LogP contribution in [0.15, 0.2) is 36.4 Å². The number of ether oxygens (including phenoxy) is 1. The van der Waals surface area contributed by atoms with Gasteiger partial charge in [0.1, 0.15) is 11.5 Å². The second kappa shape index (κ2) is 6.13. The minimum atomic E-state index is -0.607. The fourth-order valence-corrected chi connectivity index (χ4v) is 5.04. The topological polar surface area (TPSA) is 53.5 Å². The van der Waals surface area contributed by atoms with Crippen molar-refractivity contribution in [1.82, 2.24) is 10.6 Å². The highest BCUT2D eigenvalue weighted by Crippen LogP contribution is 2.49. The highest BCUT2D eigenvalue weighted by Gasteiger charge is 2.49. The Bertz CT molecular complexity index is 925. The first-order valence-corrected chi connectivity index (χ1v) is 9.78. The molecule has 0 aliphatic carbocycles. The molecule has 2 atom stereocenters. The van der Waals surface area contributed by atoms with Gasteiger partial charge in [0.05, 0.1) is 0 Å². The first kappa shape index (κ1) is 18.1. The van der Waals surface area contributed by atoms with Gasteiger partial charge >= 0.3 is 0 Å². The Kier molecular flexibility index (Phi) is 4.11. The first-order valence-electron chi connectivity index (χ1n) is 9.37. The third-order valence-electron chi connectivity index (χ3n) is 5.70. The molecule has 2 aromatic rings. The summed E-state index contributed by atoms with van der Waals surface area (Å²) < 4.78 is 6.57. The van der Waals surface area contributed by atoms with E-state index in [1.165, 1.54) is 11.1 Å². The van der Waals surface area contributed by atoms with E-state index in [1.807, 2.05) is 13.0 Å². The summed E-state index contributed by atoms with van der Waals surface area (Å²) in [5.41, 5.74) is 3.65. The number of fused-ring (bicyclic) bond motifs is 1. The van der Waals surface area contributed by atoms with E-state index in [2.05, 4.69) is 55.7 Å². The summed E-state index contributed by atoms with van der Waals surface area (Å²) in [5.74, 6) is 1.19. The maximum Gasteiger partial charge on any atom is 0.185 e. The molecule has 27 heavy (non-hydrogen) atoms. The normalized spacial score (nSPS) is 25.9. The molecule has 0 bridgehead atoms. The lowest BCUT2D eigenvalue weighted by atomic mass is 9.76. The number of aryl methyl sites for hydroxylation is 1. The van der Waals surface area contributed by atoms with Crippen molar-refractivity contribution in [1.29, 1.82) is 0 Å². The molecule has 2 aliphatic rings. The molecule has 2 heterocycles. The largest absolute Gasteiger partial charge is 0.508 e. The lowest BCUT2D eigenvalue weighted by Crippen LogP contribution is -2.69. The van der Waals surface area contributed by atoms with Crippen molar-refractivity contribution in [3.05, 3.63) is 58.7 Å². The van der Waals surface area contributed by atoms with E-state index in [0.717, 1.165) is 29.7 Å². The second-order valence-electron chi connectivity index (χ2n) is 8.48. The summed E-state index contributed by atoms with van der Waals surface area (Å²) in [6.45, 7) is 8.33. The number of phenolic OH excluding ortho intramolecular Hbond substituents is 1. The van der Waals surface area contributed by atoms with Crippen LogP contribution >= 0.6 is 12.2 Å². The van der Waals surface area contributed by atoms with Gasteiger partial charge in [0, 0.05) is 35.4 Å². The SMILES string of the molecule is Cc1ccccc1[C@H]1C[C@]2(CC(C)(C)NC(=S)N2)Oc2c1ccc(O)c2C. The average Bonchev–Trinajstić information content (AvgIpc) is 2.56. The lowest BCUT2D eigenvalue weighted by molar-refractivity contribution is -0.0135. The predicted octanol–water partition coefficient (Wildman–Crippen LogP) is 4.27. The van der Waals surface area contributed by atoms with Crippen LogP contribution in [-0.2, 0) is 0 Å². The number of thiocarbonyl (C=S) groups is 1. The zero-order chi connectivity index (χ0) is 19.4. The van der Waals surface area contributed by atoms with E-state index < -0.39 is 5.72 Å². The van der Waals surface area contributed by atoms with Crippen molar-refractivity contribution in [2.24, 2.45) is 0 Å². The van der Waals surface area contributed by atoms with Crippen LogP contribution in [0.25, 0.3) is 0 Å². The van der Waals surface area contributed by atoms with Crippen molar-refractivity contribution < 1.29 is 9.84 Å². The monoisotopic (exact) mass is 382 g/mol. The molecule has 0 unspecified atom stereocenters. The number of benzene rings is 2. The van der Waals surface area contributed by atoms with Gasteiger partial charge in [-0.2, -0.15) is 0 Å². The highest BCUT2D eigenvalue weighted by atomic mass is 32.1. The predicted molar refractivity (Wildman–Crippen MR) is 111 cm³/mol. The molecule has 142 valence electrons. The molecule has 1 saturated heterocycles. The standard InChI is InChI=1S/C22H26N2O2S/c1-13-7-5-6-8-15(13)17-11-22(12-21(3,4)23-20(27)24-22)26-19-14(2)18(25)10-9-16(17)19/h5-10,17,25H,11-12H2,1-4H3,(H2,23,24,27)/t17-,22-/m1/s1. The summed E-state index contributed by atoms with van der Waals surface area (Å²) >= 11 is 5.49. The Morgan fingerprint density at radius 1 is 1.07 bits per heavy atom. The molecule has 5 heteroatoms. The number of hydrogen-bond donors (Lipinski definition) is 3. The quantitative estimate of drug-likeness (QED) is 0.643. The Hall–Kier alpha value is -2.27. The molecule has 0 radical (unpaired) electrons. The fraction of sp³-hybridized carbons (Fsp3) is 0.409. The van der Waals surface area contributed by atoms with E-state index in [9.17, 15) is 5.11 Å². The summed E-state index contributed by atoms with van der Waals surface area (Å²) in [6, 6.07) is 12.3. The van der Waals surface area contributed by atoms with Gasteiger partial charge in [-0.3, -0.25) is 0 Å². The number of nitrogens with one attached hydrogen (secondary N) is 2. The van der Waals surface area contributed by atoms with Gasteiger partial charge in [0.2, 0.25) is 0 Å². The smallest absolute Gasteiger partial charge is 0.185 e. The van der Waals surface area contributed by atoms with E-state index in [1.54, 1.807) is 6.07 Å². The summed E-state index contributed by atoms with van der Waals surface area (Å²) in [5, 5.41) is 17.6.